The average Bonchev–Trinajstić information content (AvgIpc) is 2.41. The minimum atomic E-state index is -0.849. The normalized spacial score (nSPS) is 22.9. The molecular weight excluding hydrogens is 299 g/mol. The van der Waals surface area contributed by atoms with Crippen molar-refractivity contribution in [1.82, 2.24) is 10.2 Å². The predicted octanol–water partition coefficient (Wildman–Crippen LogP) is 2.62. The maximum Gasteiger partial charge on any atom is 0.246 e. The molecule has 0 aromatic heterocycles. The van der Waals surface area contributed by atoms with Gasteiger partial charge >= 0.3 is 0 Å². The van der Waals surface area contributed by atoms with E-state index in [0.29, 0.717) is 23.0 Å². The number of piperazine rings is 1. The third-order valence-corrected chi connectivity index (χ3v) is 4.41. The Kier molecular flexibility index (Phi) is 4.25. The molecule has 1 aromatic rings. The van der Waals surface area contributed by atoms with Crippen LogP contribution in [0.3, 0.4) is 0 Å². The third-order valence-electron chi connectivity index (χ3n) is 3.82. The van der Waals surface area contributed by atoms with Crippen LogP contribution in [-0.2, 0) is 16.1 Å². The monoisotopic (exact) mass is 314 g/mol. The van der Waals surface area contributed by atoms with Crippen molar-refractivity contribution in [3.05, 3.63) is 33.8 Å². The molecule has 108 valence electrons. The summed E-state index contributed by atoms with van der Waals surface area (Å²) in [6, 6.07) is 5.14. The first-order valence-electron chi connectivity index (χ1n) is 6.41. The van der Waals surface area contributed by atoms with Crippen LogP contribution in [0.25, 0.3) is 0 Å². The van der Waals surface area contributed by atoms with E-state index >= 15 is 0 Å². The van der Waals surface area contributed by atoms with Crippen LogP contribution in [0.1, 0.15) is 25.8 Å². The molecule has 1 saturated heterocycles. The Bertz CT molecular complexity index is 562. The third kappa shape index (κ3) is 2.63. The summed E-state index contributed by atoms with van der Waals surface area (Å²) in [6.45, 7) is 3.98. The van der Waals surface area contributed by atoms with E-state index in [1.807, 2.05) is 6.92 Å². The van der Waals surface area contributed by atoms with Gasteiger partial charge in [-0.2, -0.15) is 0 Å². The number of amides is 2. The van der Waals surface area contributed by atoms with Crippen LogP contribution >= 0.6 is 23.2 Å². The lowest BCUT2D eigenvalue weighted by atomic mass is 9.92. The molecule has 1 N–H and O–H groups in total. The van der Waals surface area contributed by atoms with Crippen LogP contribution < -0.4 is 5.32 Å². The number of nitrogens with one attached hydrogen (secondary N) is 1. The molecule has 1 aliphatic heterocycles. The number of carbonyl (C=O) groups is 2. The average molecular weight is 315 g/mol. The van der Waals surface area contributed by atoms with E-state index in [-0.39, 0.29) is 18.4 Å². The summed E-state index contributed by atoms with van der Waals surface area (Å²) < 4.78 is 0. The smallest absolute Gasteiger partial charge is 0.246 e. The zero-order valence-electron chi connectivity index (χ0n) is 11.4. The van der Waals surface area contributed by atoms with Gasteiger partial charge in [-0.3, -0.25) is 9.59 Å². The molecule has 1 aromatic carbocycles. The summed E-state index contributed by atoms with van der Waals surface area (Å²) >= 11 is 12.0. The second-order valence-corrected chi connectivity index (χ2v) is 5.87. The predicted molar refractivity (Wildman–Crippen MR) is 78.7 cm³/mol. The molecule has 1 aliphatic rings. The van der Waals surface area contributed by atoms with Crippen molar-refractivity contribution in [3.63, 3.8) is 0 Å². The summed E-state index contributed by atoms with van der Waals surface area (Å²) in [5, 5.41) is 3.67. The number of hydrogen-bond acceptors (Lipinski definition) is 2. The molecule has 0 bridgehead atoms. The van der Waals surface area contributed by atoms with Crippen LogP contribution in [0.15, 0.2) is 18.2 Å². The fourth-order valence-corrected chi connectivity index (χ4v) is 2.74. The minimum Gasteiger partial charge on any atom is -0.345 e. The molecular formula is C14H16Cl2N2O2. The van der Waals surface area contributed by atoms with E-state index < -0.39 is 5.54 Å². The number of carbonyl (C=O) groups excluding carboxylic acids is 2. The lowest BCUT2D eigenvalue weighted by Crippen LogP contribution is -2.65. The SMILES string of the molecule is CCC1(C)C(=O)NCC(=O)N1Cc1ccc(Cl)cc1Cl. The highest BCUT2D eigenvalue weighted by Crippen LogP contribution is 2.28. The minimum absolute atomic E-state index is 0.0274. The molecule has 1 heterocycles. The van der Waals surface area contributed by atoms with Crippen LogP contribution in [0.5, 0.6) is 0 Å². The van der Waals surface area contributed by atoms with Gasteiger partial charge in [0.15, 0.2) is 0 Å². The molecule has 0 saturated carbocycles. The second kappa shape index (κ2) is 5.62. The summed E-state index contributed by atoms with van der Waals surface area (Å²) in [6.07, 6.45) is 0.537. The highest BCUT2D eigenvalue weighted by Gasteiger charge is 2.44. The first kappa shape index (κ1) is 15.1. The van der Waals surface area contributed by atoms with Crippen molar-refractivity contribution in [2.24, 2.45) is 0 Å². The van der Waals surface area contributed by atoms with Crippen LogP contribution in [0.2, 0.25) is 10.0 Å². The lowest BCUT2D eigenvalue weighted by Gasteiger charge is -2.43. The number of halogens is 2. The van der Waals surface area contributed by atoms with Crippen molar-refractivity contribution in [2.75, 3.05) is 6.54 Å². The van der Waals surface area contributed by atoms with Gasteiger partial charge in [-0.1, -0.05) is 36.2 Å². The topological polar surface area (TPSA) is 49.4 Å². The molecule has 1 fully saturated rings. The number of nitrogens with zero attached hydrogens (tertiary/aromatic N) is 1. The molecule has 4 nitrogen and oxygen atoms in total. The second-order valence-electron chi connectivity index (χ2n) is 5.03. The van der Waals surface area contributed by atoms with E-state index in [1.165, 1.54) is 0 Å². The molecule has 2 amide bonds. The highest BCUT2D eigenvalue weighted by molar-refractivity contribution is 6.35. The van der Waals surface area contributed by atoms with Crippen molar-refractivity contribution in [2.45, 2.75) is 32.4 Å². The van der Waals surface area contributed by atoms with Crippen molar-refractivity contribution < 1.29 is 9.59 Å². The standard InChI is InChI=1S/C14H16Cl2N2O2/c1-3-14(2)13(20)17-7-12(19)18(14)8-9-4-5-10(15)6-11(9)16/h4-6H,3,7-8H2,1-2H3,(H,17,20). The molecule has 0 spiro atoms. The maximum atomic E-state index is 12.1. The molecule has 20 heavy (non-hydrogen) atoms. The van der Waals surface area contributed by atoms with Gasteiger partial charge in [0, 0.05) is 16.6 Å². The summed E-state index contributed by atoms with van der Waals surface area (Å²) in [5.74, 6) is -0.246. The van der Waals surface area contributed by atoms with Gasteiger partial charge in [0.2, 0.25) is 11.8 Å². The van der Waals surface area contributed by atoms with E-state index in [2.05, 4.69) is 5.32 Å². The van der Waals surface area contributed by atoms with Gasteiger partial charge in [0.25, 0.3) is 0 Å². The Morgan fingerprint density at radius 3 is 2.65 bits per heavy atom. The van der Waals surface area contributed by atoms with E-state index in [4.69, 9.17) is 23.2 Å². The van der Waals surface area contributed by atoms with Gasteiger partial charge in [0.05, 0.1) is 6.54 Å². The molecule has 0 aliphatic carbocycles. The molecule has 1 unspecified atom stereocenters. The number of hydrogen-bond donors (Lipinski definition) is 1. The van der Waals surface area contributed by atoms with Gasteiger partial charge in [-0.25, -0.2) is 0 Å². The number of benzene rings is 1. The fraction of sp³-hybridized carbons (Fsp3) is 0.429. The van der Waals surface area contributed by atoms with Gasteiger partial charge in [0.1, 0.15) is 5.54 Å². The van der Waals surface area contributed by atoms with E-state index in [9.17, 15) is 9.59 Å². The Balaban J connectivity index is 2.33. The van der Waals surface area contributed by atoms with Gasteiger partial charge in [-0.05, 0) is 31.0 Å². The van der Waals surface area contributed by atoms with Crippen molar-refractivity contribution >= 4 is 35.0 Å². The quantitative estimate of drug-likeness (QED) is 0.932. The Morgan fingerprint density at radius 2 is 2.05 bits per heavy atom. The largest absolute Gasteiger partial charge is 0.345 e. The van der Waals surface area contributed by atoms with Crippen molar-refractivity contribution in [1.29, 1.82) is 0 Å². The number of rotatable bonds is 3. The Morgan fingerprint density at radius 1 is 1.35 bits per heavy atom. The van der Waals surface area contributed by atoms with Gasteiger partial charge in [-0.15, -0.1) is 0 Å². The Hall–Kier alpha value is -1.26. The summed E-state index contributed by atoms with van der Waals surface area (Å²) in [4.78, 5) is 25.8. The highest BCUT2D eigenvalue weighted by atomic mass is 35.5. The Labute approximate surface area is 128 Å². The summed E-state index contributed by atoms with van der Waals surface area (Å²) in [7, 11) is 0. The molecule has 1 atom stereocenters. The summed E-state index contributed by atoms with van der Waals surface area (Å²) in [5.41, 5.74) is -0.0723. The van der Waals surface area contributed by atoms with Crippen LogP contribution in [0, 0.1) is 0 Å². The van der Waals surface area contributed by atoms with E-state index in [0.717, 1.165) is 5.56 Å². The lowest BCUT2D eigenvalue weighted by molar-refractivity contribution is -0.153. The zero-order valence-corrected chi connectivity index (χ0v) is 12.9. The zero-order chi connectivity index (χ0) is 14.9. The molecule has 2 rings (SSSR count). The maximum absolute atomic E-state index is 12.1. The molecule has 6 heteroatoms. The van der Waals surface area contributed by atoms with Crippen LogP contribution in [-0.4, -0.2) is 28.8 Å². The fourth-order valence-electron chi connectivity index (χ4n) is 2.27. The van der Waals surface area contributed by atoms with E-state index in [1.54, 1.807) is 30.0 Å². The first-order chi connectivity index (χ1) is 9.38. The van der Waals surface area contributed by atoms with Gasteiger partial charge < -0.3 is 10.2 Å². The van der Waals surface area contributed by atoms with Crippen molar-refractivity contribution in [3.8, 4) is 0 Å². The first-order valence-corrected chi connectivity index (χ1v) is 7.16. The molecule has 0 radical (unpaired) electrons. The van der Waals surface area contributed by atoms with Crippen LogP contribution in [0.4, 0.5) is 0 Å².